The Bertz CT molecular complexity index is 815. The molecule has 0 spiro atoms. The Morgan fingerprint density at radius 2 is 2.17 bits per heavy atom. The predicted octanol–water partition coefficient (Wildman–Crippen LogP) is 1.77. The maximum Gasteiger partial charge on any atom is 0.236 e. The highest BCUT2D eigenvalue weighted by atomic mass is 32.2. The van der Waals surface area contributed by atoms with Crippen molar-refractivity contribution in [3.8, 4) is 11.5 Å². The van der Waals surface area contributed by atoms with Crippen LogP contribution in [0.1, 0.15) is 5.01 Å². The second-order valence-corrected chi connectivity index (χ2v) is 6.67. The Labute approximate surface area is 140 Å². The van der Waals surface area contributed by atoms with Gasteiger partial charge < -0.3 is 4.57 Å². The Morgan fingerprint density at radius 1 is 1.30 bits per heavy atom. The van der Waals surface area contributed by atoms with Gasteiger partial charge in [-0.05, 0) is 19.1 Å². The fraction of sp³-hybridized carbons (Fsp3) is 0.231. The number of amides is 1. The van der Waals surface area contributed by atoms with Crippen molar-refractivity contribution in [2.75, 3.05) is 11.1 Å². The Kier molecular flexibility index (Phi) is 4.63. The lowest BCUT2D eigenvalue weighted by molar-refractivity contribution is -0.113. The maximum atomic E-state index is 11.9. The minimum absolute atomic E-state index is 0.159. The molecule has 0 unspecified atom stereocenters. The molecule has 0 radical (unpaired) electrons. The van der Waals surface area contributed by atoms with E-state index in [-0.39, 0.29) is 11.7 Å². The van der Waals surface area contributed by atoms with Crippen LogP contribution in [0.2, 0.25) is 0 Å². The van der Waals surface area contributed by atoms with Gasteiger partial charge in [-0.3, -0.25) is 15.1 Å². The number of carbonyl (C=O) groups excluding carboxylic acids is 1. The molecule has 3 heterocycles. The molecule has 0 saturated carbocycles. The van der Waals surface area contributed by atoms with Crippen LogP contribution in [0.4, 0.5) is 5.13 Å². The summed E-state index contributed by atoms with van der Waals surface area (Å²) < 4.78 is 1.81. The van der Waals surface area contributed by atoms with Crippen LogP contribution in [-0.4, -0.2) is 41.6 Å². The zero-order valence-corrected chi connectivity index (χ0v) is 14.1. The molecule has 0 aliphatic rings. The molecule has 1 amide bonds. The summed E-state index contributed by atoms with van der Waals surface area (Å²) in [5, 5.41) is 20.6. The van der Waals surface area contributed by atoms with Crippen molar-refractivity contribution in [3.63, 3.8) is 0 Å². The molecule has 1 N–H and O–H groups in total. The lowest BCUT2D eigenvalue weighted by atomic mass is 10.3. The van der Waals surface area contributed by atoms with E-state index in [0.717, 1.165) is 10.7 Å². The van der Waals surface area contributed by atoms with Crippen molar-refractivity contribution in [1.82, 2.24) is 29.9 Å². The molecule has 3 aromatic heterocycles. The monoisotopic (exact) mass is 347 g/mol. The van der Waals surface area contributed by atoms with Gasteiger partial charge >= 0.3 is 0 Å². The average Bonchev–Trinajstić information content (AvgIpc) is 3.12. The molecule has 0 atom stereocenters. The van der Waals surface area contributed by atoms with E-state index in [4.69, 9.17) is 0 Å². The summed E-state index contributed by atoms with van der Waals surface area (Å²) in [5.41, 5.74) is 0.739. The highest BCUT2D eigenvalue weighted by molar-refractivity contribution is 7.99. The molecule has 3 rings (SSSR count). The fourth-order valence-electron chi connectivity index (χ4n) is 1.79. The number of anilines is 1. The van der Waals surface area contributed by atoms with Gasteiger partial charge in [-0.25, -0.2) is 0 Å². The van der Waals surface area contributed by atoms with Crippen molar-refractivity contribution in [2.24, 2.45) is 7.05 Å². The molecule has 8 nitrogen and oxygen atoms in total. The van der Waals surface area contributed by atoms with Crippen LogP contribution < -0.4 is 5.32 Å². The zero-order chi connectivity index (χ0) is 16.2. The largest absolute Gasteiger partial charge is 0.304 e. The van der Waals surface area contributed by atoms with Gasteiger partial charge in [-0.15, -0.1) is 20.4 Å². The molecule has 3 aromatic rings. The topological polar surface area (TPSA) is 98.5 Å². The minimum Gasteiger partial charge on any atom is -0.304 e. The van der Waals surface area contributed by atoms with Gasteiger partial charge in [0.25, 0.3) is 0 Å². The van der Waals surface area contributed by atoms with Crippen LogP contribution >= 0.6 is 23.1 Å². The molecular weight excluding hydrogens is 334 g/mol. The van der Waals surface area contributed by atoms with Gasteiger partial charge in [0.15, 0.2) is 11.0 Å². The number of thioether (sulfide) groups is 1. The summed E-state index contributed by atoms with van der Waals surface area (Å²) in [6, 6.07) is 5.60. The SMILES string of the molecule is Cc1nnc(NC(=O)CSc2nnc(-c3ccccn3)n2C)s1. The Hall–Kier alpha value is -2.33. The predicted molar refractivity (Wildman–Crippen MR) is 88.2 cm³/mol. The smallest absolute Gasteiger partial charge is 0.236 e. The maximum absolute atomic E-state index is 11.9. The number of hydrogen-bond acceptors (Lipinski definition) is 8. The molecule has 0 aliphatic heterocycles. The number of aromatic nitrogens is 6. The standard InChI is InChI=1S/C13H13N7OS2/c1-8-16-18-12(23-8)15-10(21)7-22-13-19-17-11(20(13)2)9-5-3-4-6-14-9/h3-6H,7H2,1-2H3,(H,15,18,21). The molecule has 10 heteroatoms. The third-order valence-corrected chi connectivity index (χ3v) is 4.61. The van der Waals surface area contributed by atoms with Crippen molar-refractivity contribution in [1.29, 1.82) is 0 Å². The van der Waals surface area contributed by atoms with E-state index in [1.807, 2.05) is 36.7 Å². The minimum atomic E-state index is -0.159. The first-order chi connectivity index (χ1) is 11.1. The summed E-state index contributed by atoms with van der Waals surface area (Å²) in [7, 11) is 1.85. The van der Waals surface area contributed by atoms with Crippen molar-refractivity contribution in [2.45, 2.75) is 12.1 Å². The fourth-order valence-corrected chi connectivity index (χ4v) is 3.11. The number of rotatable bonds is 5. The molecule has 0 bridgehead atoms. The van der Waals surface area contributed by atoms with Crippen LogP contribution in [-0.2, 0) is 11.8 Å². The number of nitrogens with one attached hydrogen (secondary N) is 1. The van der Waals surface area contributed by atoms with E-state index in [1.54, 1.807) is 6.20 Å². The van der Waals surface area contributed by atoms with E-state index < -0.39 is 0 Å². The van der Waals surface area contributed by atoms with Gasteiger partial charge in [-0.2, -0.15) is 0 Å². The van der Waals surface area contributed by atoms with E-state index in [2.05, 4.69) is 30.7 Å². The molecule has 118 valence electrons. The highest BCUT2D eigenvalue weighted by Crippen LogP contribution is 2.21. The number of hydrogen-bond donors (Lipinski definition) is 1. The lowest BCUT2D eigenvalue weighted by Gasteiger charge is -2.03. The van der Waals surface area contributed by atoms with Gasteiger partial charge in [0.1, 0.15) is 10.7 Å². The summed E-state index contributed by atoms with van der Waals surface area (Å²) in [6.07, 6.45) is 1.70. The normalized spacial score (nSPS) is 10.7. The average molecular weight is 347 g/mol. The van der Waals surface area contributed by atoms with Crippen LogP contribution in [0.15, 0.2) is 29.6 Å². The van der Waals surface area contributed by atoms with Gasteiger partial charge in [-0.1, -0.05) is 29.2 Å². The number of aryl methyl sites for hydroxylation is 1. The van der Waals surface area contributed by atoms with Gasteiger partial charge in [0.2, 0.25) is 11.0 Å². The van der Waals surface area contributed by atoms with Crippen molar-refractivity contribution in [3.05, 3.63) is 29.4 Å². The van der Waals surface area contributed by atoms with E-state index in [9.17, 15) is 4.79 Å². The number of pyridine rings is 1. The van der Waals surface area contributed by atoms with E-state index >= 15 is 0 Å². The second-order valence-electron chi connectivity index (χ2n) is 4.54. The highest BCUT2D eigenvalue weighted by Gasteiger charge is 2.14. The summed E-state index contributed by atoms with van der Waals surface area (Å²) >= 11 is 2.64. The molecule has 0 fully saturated rings. The molecule has 0 saturated heterocycles. The Morgan fingerprint density at radius 3 is 2.87 bits per heavy atom. The second kappa shape index (κ2) is 6.84. The van der Waals surface area contributed by atoms with Gasteiger partial charge in [0.05, 0.1) is 5.75 Å². The quantitative estimate of drug-likeness (QED) is 0.702. The van der Waals surface area contributed by atoms with Crippen molar-refractivity contribution >= 4 is 34.1 Å². The van der Waals surface area contributed by atoms with Crippen molar-refractivity contribution < 1.29 is 4.79 Å². The first-order valence-electron chi connectivity index (χ1n) is 6.67. The van der Waals surface area contributed by atoms with Crippen LogP contribution in [0.3, 0.4) is 0 Å². The van der Waals surface area contributed by atoms with Crippen LogP contribution in [0.25, 0.3) is 11.5 Å². The lowest BCUT2D eigenvalue weighted by Crippen LogP contribution is -2.14. The number of carbonyl (C=O) groups is 1. The molecule has 0 aromatic carbocycles. The first kappa shape index (κ1) is 15.6. The zero-order valence-electron chi connectivity index (χ0n) is 12.4. The number of nitrogens with zero attached hydrogens (tertiary/aromatic N) is 6. The third kappa shape index (κ3) is 3.71. The molecule has 0 aliphatic carbocycles. The first-order valence-corrected chi connectivity index (χ1v) is 8.47. The van der Waals surface area contributed by atoms with Gasteiger partial charge in [0, 0.05) is 13.2 Å². The summed E-state index contributed by atoms with van der Waals surface area (Å²) in [5.74, 6) is 0.717. The van der Waals surface area contributed by atoms with E-state index in [0.29, 0.717) is 16.1 Å². The van der Waals surface area contributed by atoms with Crippen LogP contribution in [0, 0.1) is 6.92 Å². The summed E-state index contributed by atoms with van der Waals surface area (Å²) in [6.45, 7) is 1.83. The Balaban J connectivity index is 1.63. The third-order valence-electron chi connectivity index (χ3n) is 2.83. The molecular formula is C13H13N7OS2. The molecule has 23 heavy (non-hydrogen) atoms. The van der Waals surface area contributed by atoms with E-state index in [1.165, 1.54) is 23.1 Å². The van der Waals surface area contributed by atoms with Crippen LogP contribution in [0.5, 0.6) is 0 Å². The summed E-state index contributed by atoms with van der Waals surface area (Å²) in [4.78, 5) is 16.2.